The van der Waals surface area contributed by atoms with Gasteiger partial charge in [-0.05, 0) is 36.6 Å². The Bertz CT molecular complexity index is 354. The lowest BCUT2D eigenvalue weighted by Gasteiger charge is -2.22. The molecule has 0 bridgehead atoms. The highest BCUT2D eigenvalue weighted by molar-refractivity contribution is 6.30. The Balaban J connectivity index is 2.27. The lowest BCUT2D eigenvalue weighted by Crippen LogP contribution is -2.40. The standard InChI is InChI=1S/C15H24ClNO2/c1-4-15(11(2)3)17-9-13(18)10-19-14-7-5-12(16)6-8-14/h5-8,11,13,15,17-18H,4,9-10H2,1-3H3. The zero-order valence-electron chi connectivity index (χ0n) is 11.9. The average molecular weight is 286 g/mol. The van der Waals surface area contributed by atoms with Gasteiger partial charge in [-0.2, -0.15) is 0 Å². The van der Waals surface area contributed by atoms with Crippen molar-refractivity contribution in [2.45, 2.75) is 39.3 Å². The average Bonchev–Trinajstić information content (AvgIpc) is 2.38. The van der Waals surface area contributed by atoms with Crippen molar-refractivity contribution in [1.82, 2.24) is 5.32 Å². The molecular weight excluding hydrogens is 262 g/mol. The third kappa shape index (κ3) is 6.28. The minimum absolute atomic E-state index is 0.281. The summed E-state index contributed by atoms with van der Waals surface area (Å²) in [5.41, 5.74) is 0. The third-order valence-electron chi connectivity index (χ3n) is 3.12. The Kier molecular flexibility index (Phi) is 7.21. The van der Waals surface area contributed by atoms with Crippen LogP contribution in [0.1, 0.15) is 27.2 Å². The molecule has 0 amide bonds. The van der Waals surface area contributed by atoms with Gasteiger partial charge in [0.2, 0.25) is 0 Å². The van der Waals surface area contributed by atoms with Crippen LogP contribution in [0.5, 0.6) is 5.75 Å². The van der Waals surface area contributed by atoms with E-state index in [-0.39, 0.29) is 6.61 Å². The SMILES string of the molecule is CCC(NCC(O)COc1ccc(Cl)cc1)C(C)C. The maximum absolute atomic E-state index is 9.88. The summed E-state index contributed by atoms with van der Waals surface area (Å²) in [7, 11) is 0. The van der Waals surface area contributed by atoms with Crippen molar-refractivity contribution in [2.75, 3.05) is 13.2 Å². The maximum Gasteiger partial charge on any atom is 0.119 e. The first-order valence-corrected chi connectivity index (χ1v) is 7.20. The second-order valence-electron chi connectivity index (χ2n) is 5.09. The molecule has 0 aliphatic rings. The van der Waals surface area contributed by atoms with Crippen molar-refractivity contribution in [3.63, 3.8) is 0 Å². The summed E-state index contributed by atoms with van der Waals surface area (Å²) < 4.78 is 5.50. The van der Waals surface area contributed by atoms with Crippen LogP contribution in [0.2, 0.25) is 5.02 Å². The van der Waals surface area contributed by atoms with Gasteiger partial charge in [-0.25, -0.2) is 0 Å². The minimum atomic E-state index is -0.511. The fourth-order valence-electron chi connectivity index (χ4n) is 1.92. The van der Waals surface area contributed by atoms with E-state index in [0.717, 1.165) is 12.2 Å². The summed E-state index contributed by atoms with van der Waals surface area (Å²) >= 11 is 5.79. The molecule has 4 heteroatoms. The van der Waals surface area contributed by atoms with Gasteiger partial charge in [0.25, 0.3) is 0 Å². The van der Waals surface area contributed by atoms with E-state index in [1.165, 1.54) is 0 Å². The van der Waals surface area contributed by atoms with Gasteiger partial charge < -0.3 is 15.2 Å². The topological polar surface area (TPSA) is 41.5 Å². The van der Waals surface area contributed by atoms with Crippen molar-refractivity contribution in [1.29, 1.82) is 0 Å². The number of aliphatic hydroxyl groups excluding tert-OH is 1. The third-order valence-corrected chi connectivity index (χ3v) is 3.37. The van der Waals surface area contributed by atoms with E-state index in [1.807, 2.05) is 0 Å². The fraction of sp³-hybridized carbons (Fsp3) is 0.600. The molecule has 2 N–H and O–H groups in total. The van der Waals surface area contributed by atoms with Crippen LogP contribution in [-0.4, -0.2) is 30.4 Å². The van der Waals surface area contributed by atoms with Crippen LogP contribution >= 0.6 is 11.6 Å². The highest BCUT2D eigenvalue weighted by Crippen LogP contribution is 2.15. The number of rotatable bonds is 8. The second kappa shape index (κ2) is 8.41. The Morgan fingerprint density at radius 2 is 1.89 bits per heavy atom. The lowest BCUT2D eigenvalue weighted by atomic mass is 10.0. The van der Waals surface area contributed by atoms with Crippen LogP contribution in [-0.2, 0) is 0 Å². The predicted molar refractivity (Wildman–Crippen MR) is 79.9 cm³/mol. The Morgan fingerprint density at radius 3 is 2.42 bits per heavy atom. The Hall–Kier alpha value is -0.770. The molecule has 1 aromatic carbocycles. The molecule has 0 spiro atoms. The van der Waals surface area contributed by atoms with E-state index >= 15 is 0 Å². The highest BCUT2D eigenvalue weighted by Gasteiger charge is 2.12. The molecule has 1 aromatic rings. The number of halogens is 1. The molecule has 0 aliphatic heterocycles. The molecular formula is C15H24ClNO2. The molecule has 2 unspecified atom stereocenters. The van der Waals surface area contributed by atoms with E-state index in [4.69, 9.17) is 16.3 Å². The van der Waals surface area contributed by atoms with Gasteiger partial charge in [-0.15, -0.1) is 0 Å². The summed E-state index contributed by atoms with van der Waals surface area (Å²) in [6, 6.07) is 7.57. The van der Waals surface area contributed by atoms with E-state index in [0.29, 0.717) is 23.5 Å². The van der Waals surface area contributed by atoms with Gasteiger partial charge in [0.15, 0.2) is 0 Å². The minimum Gasteiger partial charge on any atom is -0.491 e. The van der Waals surface area contributed by atoms with Gasteiger partial charge in [0.1, 0.15) is 18.5 Å². The summed E-state index contributed by atoms with van der Waals surface area (Å²) in [6.45, 7) is 7.33. The Labute approximate surface area is 120 Å². The molecule has 2 atom stereocenters. The van der Waals surface area contributed by atoms with Crippen LogP contribution in [0.25, 0.3) is 0 Å². The number of aliphatic hydroxyl groups is 1. The second-order valence-corrected chi connectivity index (χ2v) is 5.52. The predicted octanol–water partition coefficient (Wildman–Crippen LogP) is 3.10. The first kappa shape index (κ1) is 16.3. The van der Waals surface area contributed by atoms with Gasteiger partial charge >= 0.3 is 0 Å². The molecule has 108 valence electrons. The van der Waals surface area contributed by atoms with Crippen molar-refractivity contribution >= 4 is 11.6 Å². The molecule has 0 heterocycles. The first-order chi connectivity index (χ1) is 9.02. The molecule has 0 saturated carbocycles. The van der Waals surface area contributed by atoms with Crippen LogP contribution < -0.4 is 10.1 Å². The fourth-order valence-corrected chi connectivity index (χ4v) is 2.05. The number of hydrogen-bond donors (Lipinski definition) is 2. The van der Waals surface area contributed by atoms with Gasteiger partial charge in [0.05, 0.1) is 0 Å². The molecule has 0 saturated heterocycles. The quantitative estimate of drug-likeness (QED) is 0.771. The zero-order chi connectivity index (χ0) is 14.3. The summed E-state index contributed by atoms with van der Waals surface area (Å²) in [6.07, 6.45) is 0.547. The molecule has 0 radical (unpaired) electrons. The number of ether oxygens (including phenoxy) is 1. The lowest BCUT2D eigenvalue weighted by molar-refractivity contribution is 0.101. The monoisotopic (exact) mass is 285 g/mol. The van der Waals surface area contributed by atoms with E-state index in [9.17, 15) is 5.11 Å². The Morgan fingerprint density at radius 1 is 1.26 bits per heavy atom. The van der Waals surface area contributed by atoms with Gasteiger partial charge in [-0.1, -0.05) is 32.4 Å². The largest absolute Gasteiger partial charge is 0.491 e. The molecule has 1 rings (SSSR count). The summed E-state index contributed by atoms with van der Waals surface area (Å²) in [5.74, 6) is 1.29. The smallest absolute Gasteiger partial charge is 0.119 e. The van der Waals surface area contributed by atoms with Crippen molar-refractivity contribution in [3.8, 4) is 5.75 Å². The van der Waals surface area contributed by atoms with Crippen molar-refractivity contribution < 1.29 is 9.84 Å². The zero-order valence-corrected chi connectivity index (χ0v) is 12.7. The molecule has 3 nitrogen and oxygen atoms in total. The molecule has 0 aromatic heterocycles. The van der Waals surface area contributed by atoms with Crippen LogP contribution in [0.3, 0.4) is 0 Å². The van der Waals surface area contributed by atoms with Crippen molar-refractivity contribution in [3.05, 3.63) is 29.3 Å². The normalized spacial score (nSPS) is 14.4. The van der Waals surface area contributed by atoms with Crippen molar-refractivity contribution in [2.24, 2.45) is 5.92 Å². The summed E-state index contributed by atoms with van der Waals surface area (Å²) in [4.78, 5) is 0. The molecule has 0 aliphatic carbocycles. The van der Waals surface area contributed by atoms with Crippen LogP contribution in [0.4, 0.5) is 0 Å². The molecule has 0 fully saturated rings. The van der Waals surface area contributed by atoms with Crippen LogP contribution in [0, 0.1) is 5.92 Å². The number of hydrogen-bond acceptors (Lipinski definition) is 3. The van der Waals surface area contributed by atoms with E-state index in [2.05, 4.69) is 26.1 Å². The summed E-state index contributed by atoms with van der Waals surface area (Å²) in [5, 5.41) is 13.9. The maximum atomic E-state index is 9.88. The van der Waals surface area contributed by atoms with E-state index in [1.54, 1.807) is 24.3 Å². The molecule has 19 heavy (non-hydrogen) atoms. The number of nitrogens with one attached hydrogen (secondary N) is 1. The van der Waals surface area contributed by atoms with Crippen LogP contribution in [0.15, 0.2) is 24.3 Å². The first-order valence-electron chi connectivity index (χ1n) is 6.82. The van der Waals surface area contributed by atoms with Gasteiger partial charge in [0, 0.05) is 17.6 Å². The van der Waals surface area contributed by atoms with Gasteiger partial charge in [-0.3, -0.25) is 0 Å². The van der Waals surface area contributed by atoms with E-state index < -0.39 is 6.10 Å². The number of benzene rings is 1. The highest BCUT2D eigenvalue weighted by atomic mass is 35.5.